The molecule has 1 aliphatic carbocycles. The summed E-state index contributed by atoms with van der Waals surface area (Å²) in [5, 5.41) is 19.7. The zero-order valence-corrected chi connectivity index (χ0v) is 15.3. The van der Waals surface area contributed by atoms with E-state index in [4.69, 9.17) is 14.7 Å². The van der Waals surface area contributed by atoms with Crippen LogP contribution in [0, 0.1) is 11.3 Å². The van der Waals surface area contributed by atoms with Gasteiger partial charge in [-0.1, -0.05) is 6.07 Å². The highest BCUT2D eigenvalue weighted by atomic mass is 16.5. The first-order valence-electron chi connectivity index (χ1n) is 8.64. The molecule has 1 saturated carbocycles. The second-order valence-corrected chi connectivity index (χ2v) is 6.22. The SMILES string of the molecule is COc1cc(C=CC(=O)NCc2nnc(C3CC3)n2C)ccc1OCC#N. The summed E-state index contributed by atoms with van der Waals surface area (Å²) >= 11 is 0. The Morgan fingerprint density at radius 1 is 1.41 bits per heavy atom. The van der Waals surface area contributed by atoms with E-state index in [1.807, 2.05) is 17.7 Å². The fraction of sp³-hybridized carbons (Fsp3) is 0.368. The smallest absolute Gasteiger partial charge is 0.244 e. The molecular weight excluding hydrogens is 346 g/mol. The summed E-state index contributed by atoms with van der Waals surface area (Å²) in [5.74, 6) is 2.99. The van der Waals surface area contributed by atoms with Gasteiger partial charge in [0.1, 0.15) is 11.9 Å². The number of ether oxygens (including phenoxy) is 2. The molecule has 0 spiro atoms. The van der Waals surface area contributed by atoms with Gasteiger partial charge in [-0.25, -0.2) is 0 Å². The summed E-state index contributed by atoms with van der Waals surface area (Å²) in [5.41, 5.74) is 0.779. The molecule has 3 rings (SSSR count). The molecule has 0 bridgehead atoms. The van der Waals surface area contributed by atoms with Crippen LogP contribution in [0.15, 0.2) is 24.3 Å². The molecule has 8 nitrogen and oxygen atoms in total. The number of aromatic nitrogens is 3. The summed E-state index contributed by atoms with van der Waals surface area (Å²) in [7, 11) is 3.44. The van der Waals surface area contributed by atoms with Crippen molar-refractivity contribution < 1.29 is 14.3 Å². The lowest BCUT2D eigenvalue weighted by molar-refractivity contribution is -0.116. The number of nitriles is 1. The van der Waals surface area contributed by atoms with E-state index in [0.717, 1.165) is 30.1 Å². The highest BCUT2D eigenvalue weighted by molar-refractivity contribution is 5.91. The second-order valence-electron chi connectivity index (χ2n) is 6.22. The van der Waals surface area contributed by atoms with Crippen LogP contribution in [0.4, 0.5) is 0 Å². The molecule has 1 aromatic carbocycles. The Hall–Kier alpha value is -3.34. The topological polar surface area (TPSA) is 102 Å². The number of amides is 1. The monoisotopic (exact) mass is 367 g/mol. The molecule has 8 heteroatoms. The zero-order chi connectivity index (χ0) is 19.2. The highest BCUT2D eigenvalue weighted by Gasteiger charge is 2.29. The van der Waals surface area contributed by atoms with E-state index in [-0.39, 0.29) is 12.5 Å². The number of carbonyl (C=O) groups is 1. The van der Waals surface area contributed by atoms with Crippen molar-refractivity contribution >= 4 is 12.0 Å². The summed E-state index contributed by atoms with van der Waals surface area (Å²) in [6.45, 7) is 0.266. The number of rotatable bonds is 8. The minimum absolute atomic E-state index is 0.0571. The van der Waals surface area contributed by atoms with Gasteiger partial charge in [0.15, 0.2) is 23.9 Å². The van der Waals surface area contributed by atoms with Crippen molar-refractivity contribution in [3.8, 4) is 17.6 Å². The zero-order valence-electron chi connectivity index (χ0n) is 15.3. The molecule has 1 amide bonds. The summed E-state index contributed by atoms with van der Waals surface area (Å²) in [6.07, 6.45) is 5.44. The standard InChI is InChI=1S/C19H21N5O3/c1-24-17(22-23-19(24)14-5-6-14)12-21-18(25)8-4-13-3-7-15(27-10-9-20)16(11-13)26-2/h3-4,7-8,11,14H,5-6,10,12H2,1-2H3,(H,21,25). The predicted molar refractivity (Wildman–Crippen MR) is 98.0 cm³/mol. The average Bonchev–Trinajstić information content (AvgIpc) is 3.46. The third-order valence-corrected chi connectivity index (χ3v) is 4.27. The number of carbonyl (C=O) groups excluding carboxylic acids is 1. The number of hydrogen-bond donors (Lipinski definition) is 1. The molecule has 0 unspecified atom stereocenters. The quantitative estimate of drug-likeness (QED) is 0.715. The van der Waals surface area contributed by atoms with Crippen molar-refractivity contribution in [3.05, 3.63) is 41.5 Å². The van der Waals surface area contributed by atoms with Gasteiger partial charge in [0, 0.05) is 19.0 Å². The lowest BCUT2D eigenvalue weighted by Crippen LogP contribution is -2.22. The van der Waals surface area contributed by atoms with E-state index < -0.39 is 0 Å². The fourth-order valence-electron chi connectivity index (χ4n) is 2.64. The van der Waals surface area contributed by atoms with E-state index in [1.165, 1.54) is 13.2 Å². The van der Waals surface area contributed by atoms with Crippen molar-refractivity contribution in [3.63, 3.8) is 0 Å². The van der Waals surface area contributed by atoms with Gasteiger partial charge in [0.05, 0.1) is 13.7 Å². The largest absolute Gasteiger partial charge is 0.493 e. The van der Waals surface area contributed by atoms with Gasteiger partial charge in [-0.3, -0.25) is 4.79 Å². The maximum absolute atomic E-state index is 12.1. The van der Waals surface area contributed by atoms with Gasteiger partial charge in [-0.2, -0.15) is 5.26 Å². The molecule has 1 fully saturated rings. The molecule has 0 atom stereocenters. The molecule has 1 aliphatic rings. The van der Waals surface area contributed by atoms with Crippen molar-refractivity contribution in [2.45, 2.75) is 25.3 Å². The molecule has 1 heterocycles. The third kappa shape index (κ3) is 4.64. The van der Waals surface area contributed by atoms with E-state index >= 15 is 0 Å². The highest BCUT2D eigenvalue weighted by Crippen LogP contribution is 2.38. The van der Waals surface area contributed by atoms with Gasteiger partial charge in [-0.05, 0) is 36.6 Å². The van der Waals surface area contributed by atoms with E-state index in [2.05, 4.69) is 15.5 Å². The molecule has 1 aromatic heterocycles. The van der Waals surface area contributed by atoms with Crippen LogP contribution < -0.4 is 14.8 Å². The van der Waals surface area contributed by atoms with Crippen LogP contribution in [-0.2, 0) is 18.4 Å². The Morgan fingerprint density at radius 3 is 2.93 bits per heavy atom. The maximum Gasteiger partial charge on any atom is 0.244 e. The van der Waals surface area contributed by atoms with Crippen LogP contribution in [0.5, 0.6) is 11.5 Å². The lowest BCUT2D eigenvalue weighted by Gasteiger charge is -2.08. The van der Waals surface area contributed by atoms with Crippen molar-refractivity contribution in [2.75, 3.05) is 13.7 Å². The van der Waals surface area contributed by atoms with E-state index in [9.17, 15) is 4.79 Å². The molecular formula is C19H21N5O3. The van der Waals surface area contributed by atoms with Crippen LogP contribution in [0.25, 0.3) is 6.08 Å². The normalized spacial score (nSPS) is 13.4. The molecule has 0 aliphatic heterocycles. The van der Waals surface area contributed by atoms with Crippen LogP contribution >= 0.6 is 0 Å². The number of hydrogen-bond acceptors (Lipinski definition) is 6. The Morgan fingerprint density at radius 2 is 2.22 bits per heavy atom. The summed E-state index contributed by atoms with van der Waals surface area (Å²) in [6, 6.07) is 7.13. The Labute approximate surface area is 157 Å². The first-order valence-corrected chi connectivity index (χ1v) is 8.64. The molecule has 140 valence electrons. The summed E-state index contributed by atoms with van der Waals surface area (Å²) in [4.78, 5) is 12.1. The van der Waals surface area contributed by atoms with Crippen LogP contribution in [-0.4, -0.2) is 34.4 Å². The number of benzene rings is 1. The van der Waals surface area contributed by atoms with Gasteiger partial charge in [0.2, 0.25) is 5.91 Å². The second kappa shape index (κ2) is 8.36. The third-order valence-electron chi connectivity index (χ3n) is 4.27. The van der Waals surface area contributed by atoms with Gasteiger partial charge >= 0.3 is 0 Å². The first kappa shape index (κ1) is 18.5. The van der Waals surface area contributed by atoms with Crippen LogP contribution in [0.1, 0.15) is 36.0 Å². The minimum Gasteiger partial charge on any atom is -0.493 e. The van der Waals surface area contributed by atoms with E-state index in [1.54, 1.807) is 24.3 Å². The summed E-state index contributed by atoms with van der Waals surface area (Å²) < 4.78 is 12.5. The first-order chi connectivity index (χ1) is 13.1. The van der Waals surface area contributed by atoms with E-state index in [0.29, 0.717) is 24.0 Å². The molecule has 1 N–H and O–H groups in total. The Balaban J connectivity index is 1.57. The Bertz CT molecular complexity index is 893. The lowest BCUT2D eigenvalue weighted by atomic mass is 10.2. The molecule has 27 heavy (non-hydrogen) atoms. The van der Waals surface area contributed by atoms with Gasteiger partial charge in [0.25, 0.3) is 0 Å². The fourth-order valence-corrected chi connectivity index (χ4v) is 2.64. The van der Waals surface area contributed by atoms with Crippen molar-refractivity contribution in [1.82, 2.24) is 20.1 Å². The Kier molecular flexibility index (Phi) is 5.71. The van der Waals surface area contributed by atoms with Gasteiger partial charge in [-0.15, -0.1) is 10.2 Å². The molecule has 2 aromatic rings. The molecule has 0 radical (unpaired) electrons. The molecule has 0 saturated heterocycles. The number of nitrogens with zero attached hydrogens (tertiary/aromatic N) is 4. The van der Waals surface area contributed by atoms with Crippen molar-refractivity contribution in [2.24, 2.45) is 7.05 Å². The van der Waals surface area contributed by atoms with Gasteiger partial charge < -0.3 is 19.4 Å². The van der Waals surface area contributed by atoms with Crippen LogP contribution in [0.2, 0.25) is 0 Å². The van der Waals surface area contributed by atoms with Crippen molar-refractivity contribution in [1.29, 1.82) is 5.26 Å². The number of nitrogens with one attached hydrogen (secondary N) is 1. The maximum atomic E-state index is 12.1. The predicted octanol–water partition coefficient (Wildman–Crippen LogP) is 1.93. The van der Waals surface area contributed by atoms with Crippen LogP contribution in [0.3, 0.4) is 0 Å². The average molecular weight is 367 g/mol. The minimum atomic E-state index is -0.227. The number of methoxy groups -OCH3 is 1.